The first kappa shape index (κ1) is 14.4. The van der Waals surface area contributed by atoms with Crippen molar-refractivity contribution < 1.29 is 0 Å². The molecular formula is C16H22N4. The summed E-state index contributed by atoms with van der Waals surface area (Å²) in [5.41, 5.74) is 2.92. The zero-order chi connectivity index (χ0) is 14.8. The average molecular weight is 270 g/mol. The number of nitrogens with zero attached hydrogens (tertiary/aromatic N) is 3. The minimum Gasteiger partial charge on any atom is -0.370 e. The van der Waals surface area contributed by atoms with Gasteiger partial charge in [-0.1, -0.05) is 20.8 Å². The number of rotatable bonds is 3. The number of hydrogen-bond donors (Lipinski definition) is 1. The SMILES string of the molecule is CCNc1cc(-c2ccnc(C)c2)nc(C(C)(C)C)n1. The first-order chi connectivity index (χ1) is 9.40. The van der Waals surface area contributed by atoms with Crippen molar-refractivity contribution in [2.24, 2.45) is 0 Å². The van der Waals surface area contributed by atoms with Gasteiger partial charge in [0.2, 0.25) is 0 Å². The monoisotopic (exact) mass is 270 g/mol. The van der Waals surface area contributed by atoms with Gasteiger partial charge < -0.3 is 5.32 Å². The molecule has 0 amide bonds. The highest BCUT2D eigenvalue weighted by Gasteiger charge is 2.19. The van der Waals surface area contributed by atoms with Crippen LogP contribution >= 0.6 is 0 Å². The van der Waals surface area contributed by atoms with E-state index in [0.717, 1.165) is 35.1 Å². The van der Waals surface area contributed by atoms with Gasteiger partial charge in [-0.3, -0.25) is 4.98 Å². The zero-order valence-corrected chi connectivity index (χ0v) is 12.9. The first-order valence-corrected chi connectivity index (χ1v) is 6.96. The van der Waals surface area contributed by atoms with Crippen molar-refractivity contribution in [1.82, 2.24) is 15.0 Å². The van der Waals surface area contributed by atoms with Crippen molar-refractivity contribution in [2.45, 2.75) is 40.0 Å². The Labute approximate surface area is 120 Å². The van der Waals surface area contributed by atoms with Crippen LogP contribution in [0.15, 0.2) is 24.4 Å². The van der Waals surface area contributed by atoms with Crippen molar-refractivity contribution >= 4 is 5.82 Å². The van der Waals surface area contributed by atoms with Crippen molar-refractivity contribution in [3.8, 4) is 11.3 Å². The van der Waals surface area contributed by atoms with Crippen molar-refractivity contribution in [1.29, 1.82) is 0 Å². The summed E-state index contributed by atoms with van der Waals surface area (Å²) in [6.07, 6.45) is 1.82. The molecule has 0 radical (unpaired) electrons. The highest BCUT2D eigenvalue weighted by Crippen LogP contribution is 2.25. The van der Waals surface area contributed by atoms with E-state index in [9.17, 15) is 0 Å². The Morgan fingerprint density at radius 3 is 2.50 bits per heavy atom. The standard InChI is InChI=1S/C16H22N4/c1-6-17-14-10-13(12-7-8-18-11(2)9-12)19-15(20-14)16(3,4)5/h7-10H,6H2,1-5H3,(H,17,19,20). The summed E-state index contributed by atoms with van der Waals surface area (Å²) in [6, 6.07) is 6.02. The fourth-order valence-corrected chi connectivity index (χ4v) is 1.91. The molecule has 2 aromatic heterocycles. The summed E-state index contributed by atoms with van der Waals surface area (Å²) in [4.78, 5) is 13.6. The Morgan fingerprint density at radius 1 is 1.15 bits per heavy atom. The molecule has 0 aromatic carbocycles. The van der Waals surface area contributed by atoms with E-state index in [0.29, 0.717) is 0 Å². The Balaban J connectivity index is 2.54. The van der Waals surface area contributed by atoms with Gasteiger partial charge in [0.25, 0.3) is 0 Å². The van der Waals surface area contributed by atoms with Crippen LogP contribution in [0.25, 0.3) is 11.3 Å². The van der Waals surface area contributed by atoms with Gasteiger partial charge in [0, 0.05) is 35.5 Å². The fraction of sp³-hybridized carbons (Fsp3) is 0.438. The summed E-state index contributed by atoms with van der Waals surface area (Å²) in [5, 5.41) is 3.28. The highest BCUT2D eigenvalue weighted by molar-refractivity contribution is 5.62. The molecule has 0 fully saturated rings. The Bertz CT molecular complexity index is 600. The molecule has 0 bridgehead atoms. The van der Waals surface area contributed by atoms with Crippen LogP contribution in [0.2, 0.25) is 0 Å². The minimum absolute atomic E-state index is 0.0811. The molecule has 0 unspecified atom stereocenters. The van der Waals surface area contributed by atoms with Gasteiger partial charge in [-0.25, -0.2) is 9.97 Å². The lowest BCUT2D eigenvalue weighted by atomic mass is 9.95. The van der Waals surface area contributed by atoms with Crippen LogP contribution < -0.4 is 5.32 Å². The van der Waals surface area contributed by atoms with Crippen LogP contribution in [0.1, 0.15) is 39.2 Å². The van der Waals surface area contributed by atoms with Crippen molar-refractivity contribution in [3.05, 3.63) is 35.9 Å². The maximum absolute atomic E-state index is 4.72. The van der Waals surface area contributed by atoms with E-state index in [4.69, 9.17) is 4.98 Å². The van der Waals surface area contributed by atoms with Crippen LogP contribution in [-0.4, -0.2) is 21.5 Å². The van der Waals surface area contributed by atoms with Crippen molar-refractivity contribution in [2.75, 3.05) is 11.9 Å². The normalized spacial score (nSPS) is 11.4. The Hall–Kier alpha value is -1.97. The molecule has 106 valence electrons. The van der Waals surface area contributed by atoms with E-state index < -0.39 is 0 Å². The summed E-state index contributed by atoms with van der Waals surface area (Å²) in [6.45, 7) is 11.3. The fourth-order valence-electron chi connectivity index (χ4n) is 1.91. The average Bonchev–Trinajstić information content (AvgIpc) is 2.38. The topological polar surface area (TPSA) is 50.7 Å². The second-order valence-electron chi connectivity index (χ2n) is 5.93. The number of aromatic nitrogens is 3. The zero-order valence-electron chi connectivity index (χ0n) is 12.9. The van der Waals surface area contributed by atoms with E-state index >= 15 is 0 Å². The highest BCUT2D eigenvalue weighted by atomic mass is 15.0. The summed E-state index contributed by atoms with van der Waals surface area (Å²) >= 11 is 0. The van der Waals surface area contributed by atoms with Gasteiger partial charge in [-0.2, -0.15) is 0 Å². The number of pyridine rings is 1. The van der Waals surface area contributed by atoms with E-state index in [1.807, 2.05) is 31.3 Å². The number of aryl methyl sites for hydroxylation is 1. The molecular weight excluding hydrogens is 248 g/mol. The van der Waals surface area contributed by atoms with Crippen molar-refractivity contribution in [3.63, 3.8) is 0 Å². The summed E-state index contributed by atoms with van der Waals surface area (Å²) < 4.78 is 0. The Kier molecular flexibility index (Phi) is 4.02. The molecule has 2 aromatic rings. The minimum atomic E-state index is -0.0811. The lowest BCUT2D eigenvalue weighted by Crippen LogP contribution is -2.17. The predicted octanol–water partition coefficient (Wildman–Crippen LogP) is 3.58. The molecule has 0 spiro atoms. The molecule has 0 aliphatic rings. The predicted molar refractivity (Wildman–Crippen MR) is 82.9 cm³/mol. The van der Waals surface area contributed by atoms with Gasteiger partial charge in [-0.05, 0) is 26.0 Å². The first-order valence-electron chi connectivity index (χ1n) is 6.96. The molecule has 0 saturated heterocycles. The van der Waals surface area contributed by atoms with Crippen LogP contribution in [0.5, 0.6) is 0 Å². The lowest BCUT2D eigenvalue weighted by molar-refractivity contribution is 0.546. The van der Waals surface area contributed by atoms with Crippen LogP contribution in [0, 0.1) is 6.92 Å². The molecule has 4 heteroatoms. The van der Waals surface area contributed by atoms with E-state index in [1.54, 1.807) is 0 Å². The second-order valence-corrected chi connectivity index (χ2v) is 5.93. The summed E-state index contributed by atoms with van der Waals surface area (Å²) in [7, 11) is 0. The molecule has 0 saturated carbocycles. The van der Waals surface area contributed by atoms with Crippen LogP contribution in [-0.2, 0) is 5.41 Å². The smallest absolute Gasteiger partial charge is 0.136 e. The molecule has 0 aliphatic heterocycles. The quantitative estimate of drug-likeness (QED) is 0.926. The largest absolute Gasteiger partial charge is 0.370 e. The number of anilines is 1. The van der Waals surface area contributed by atoms with Gasteiger partial charge in [-0.15, -0.1) is 0 Å². The molecule has 0 aliphatic carbocycles. The maximum Gasteiger partial charge on any atom is 0.136 e. The molecule has 1 N–H and O–H groups in total. The van der Waals surface area contributed by atoms with Crippen LogP contribution in [0.4, 0.5) is 5.82 Å². The molecule has 20 heavy (non-hydrogen) atoms. The third-order valence-corrected chi connectivity index (χ3v) is 2.95. The third-order valence-electron chi connectivity index (χ3n) is 2.95. The molecule has 2 rings (SSSR count). The van der Waals surface area contributed by atoms with Gasteiger partial charge in [0.15, 0.2) is 0 Å². The second kappa shape index (κ2) is 5.57. The lowest BCUT2D eigenvalue weighted by Gasteiger charge is -2.19. The molecule has 2 heterocycles. The third kappa shape index (κ3) is 3.32. The van der Waals surface area contributed by atoms with E-state index in [-0.39, 0.29) is 5.41 Å². The summed E-state index contributed by atoms with van der Waals surface area (Å²) in [5.74, 6) is 1.72. The number of nitrogens with one attached hydrogen (secondary N) is 1. The molecule has 4 nitrogen and oxygen atoms in total. The van der Waals surface area contributed by atoms with E-state index in [1.165, 1.54) is 0 Å². The van der Waals surface area contributed by atoms with Gasteiger partial charge in [0.05, 0.1) is 5.69 Å². The number of hydrogen-bond acceptors (Lipinski definition) is 4. The molecule has 0 atom stereocenters. The Morgan fingerprint density at radius 2 is 1.90 bits per heavy atom. The van der Waals surface area contributed by atoms with Crippen LogP contribution in [0.3, 0.4) is 0 Å². The van der Waals surface area contributed by atoms with Gasteiger partial charge >= 0.3 is 0 Å². The van der Waals surface area contributed by atoms with E-state index in [2.05, 4.69) is 43.0 Å². The van der Waals surface area contributed by atoms with Gasteiger partial charge in [0.1, 0.15) is 11.6 Å². The maximum atomic E-state index is 4.72.